The third-order valence-corrected chi connectivity index (χ3v) is 12.5. The molecule has 5 atom stereocenters. The lowest BCUT2D eigenvalue weighted by molar-refractivity contribution is -0.135. The van der Waals surface area contributed by atoms with Crippen LogP contribution in [0, 0.1) is 0 Å². The summed E-state index contributed by atoms with van der Waals surface area (Å²) in [5, 5.41) is 17.0. The van der Waals surface area contributed by atoms with E-state index in [0.29, 0.717) is 6.42 Å². The van der Waals surface area contributed by atoms with Crippen LogP contribution >= 0.6 is 0 Å². The molecule has 2 heterocycles. The molecule has 2 fully saturated rings. The predicted octanol–water partition coefficient (Wildman–Crippen LogP) is 5.66. The standard InChI is InChI=1S/C24H37N5O4.2C11H13NO.C5H11N.C2H6/c1-17(26-3)23(32)27-20(16-30)8-6-7-18-9-11-19(12-10-18)22(28-21(31)15-25-2)24(33)29-13-4-5-14-29;2*13-8-12-11-7-3-5-9-4-1-2-6-10(9)11;1-6-4-2-3-5-6;1-2/h9-12,16-17,20,22,25-26H,4-8,13-15H2,1-3H3,(H,27,32)(H,28,31);2*1-2,4,6,8,11H,3,5,7H2,(H,12,13);2-5H2,1H3;1-2H3/t17-,20?,22?;;;;/m0..../s1. The van der Waals surface area contributed by atoms with Crippen LogP contribution in [0.15, 0.2) is 72.8 Å². The maximum absolute atomic E-state index is 13.0. The Morgan fingerprint density at radius 2 is 1.22 bits per heavy atom. The zero-order chi connectivity index (χ0) is 48.8. The normalized spacial score (nSPS) is 18.2. The molecular formula is C53H80N8O6. The molecule has 3 aromatic rings. The van der Waals surface area contributed by atoms with Gasteiger partial charge >= 0.3 is 0 Å². The average molecular weight is 925 g/mol. The number of aldehydes is 1. The summed E-state index contributed by atoms with van der Waals surface area (Å²) in [5.74, 6) is -0.508. The van der Waals surface area contributed by atoms with Crippen LogP contribution in [-0.2, 0) is 48.0 Å². The second-order valence-corrected chi connectivity index (χ2v) is 17.3. The van der Waals surface area contributed by atoms with Gasteiger partial charge in [-0.1, -0.05) is 86.6 Å². The smallest absolute Gasteiger partial charge is 0.249 e. The van der Waals surface area contributed by atoms with Crippen molar-refractivity contribution in [3.05, 3.63) is 106 Å². The fraction of sp³-hybridized carbons (Fsp3) is 0.547. The molecule has 368 valence electrons. The van der Waals surface area contributed by atoms with E-state index in [-0.39, 0.29) is 42.4 Å². The van der Waals surface area contributed by atoms with Crippen molar-refractivity contribution in [3.63, 3.8) is 0 Å². The monoisotopic (exact) mass is 925 g/mol. The van der Waals surface area contributed by atoms with Gasteiger partial charge in [-0.3, -0.25) is 24.0 Å². The molecular weight excluding hydrogens is 845 g/mol. The molecule has 6 N–H and O–H groups in total. The van der Waals surface area contributed by atoms with E-state index >= 15 is 0 Å². The molecule has 2 aliphatic carbocycles. The number of likely N-dealkylation sites (N-methyl/N-ethyl adjacent to an activating group) is 2. The van der Waals surface area contributed by atoms with E-state index in [4.69, 9.17) is 0 Å². The highest BCUT2D eigenvalue weighted by atomic mass is 16.2. The van der Waals surface area contributed by atoms with Crippen molar-refractivity contribution in [1.82, 2.24) is 41.7 Å². The van der Waals surface area contributed by atoms with Gasteiger partial charge in [0.25, 0.3) is 0 Å². The quantitative estimate of drug-likeness (QED) is 0.0933. The van der Waals surface area contributed by atoms with Crippen molar-refractivity contribution >= 4 is 36.8 Å². The Labute approximate surface area is 400 Å². The number of fused-ring (bicyclic) bond motifs is 2. The van der Waals surface area contributed by atoms with Crippen LogP contribution in [0.2, 0.25) is 0 Å². The number of likely N-dealkylation sites (tertiary alicyclic amines) is 2. The van der Waals surface area contributed by atoms with Gasteiger partial charge in [0.2, 0.25) is 30.5 Å². The third-order valence-electron chi connectivity index (χ3n) is 12.5. The minimum Gasteiger partial charge on any atom is -0.352 e. The molecule has 0 aromatic heterocycles. The fourth-order valence-corrected chi connectivity index (χ4v) is 8.69. The van der Waals surface area contributed by atoms with Crippen LogP contribution in [0.4, 0.5) is 0 Å². The summed E-state index contributed by atoms with van der Waals surface area (Å²) in [6.45, 7) is 9.96. The van der Waals surface area contributed by atoms with Crippen molar-refractivity contribution in [3.8, 4) is 0 Å². The highest BCUT2D eigenvalue weighted by molar-refractivity contribution is 5.89. The molecule has 0 saturated carbocycles. The number of aryl methyl sites for hydroxylation is 3. The maximum atomic E-state index is 13.0. The van der Waals surface area contributed by atoms with Gasteiger partial charge in [-0.25, -0.2) is 0 Å². The van der Waals surface area contributed by atoms with Crippen molar-refractivity contribution in [2.45, 2.75) is 134 Å². The molecule has 14 nitrogen and oxygen atoms in total. The molecule has 67 heavy (non-hydrogen) atoms. The van der Waals surface area contributed by atoms with E-state index in [2.05, 4.69) is 80.2 Å². The Morgan fingerprint density at radius 1 is 0.701 bits per heavy atom. The SMILES string of the molecule is CC.CN1CCCC1.CNCC(=O)NC(C(=O)N1CCCC1)c1ccc(CCCC(C=O)NC(=O)[C@H](C)NC)cc1.O=CNC1CCCc2ccccc21.O=CNC1CCCc2ccccc21. The number of nitrogens with one attached hydrogen (secondary N) is 6. The number of amides is 5. The van der Waals surface area contributed by atoms with Gasteiger partial charge < -0.3 is 46.5 Å². The zero-order valence-corrected chi connectivity index (χ0v) is 41.1. The van der Waals surface area contributed by atoms with E-state index in [1.54, 1.807) is 25.9 Å². The van der Waals surface area contributed by atoms with E-state index in [0.717, 1.165) is 94.7 Å². The van der Waals surface area contributed by atoms with Crippen LogP contribution in [-0.4, -0.2) is 113 Å². The summed E-state index contributed by atoms with van der Waals surface area (Å²) < 4.78 is 0. The highest BCUT2D eigenvalue weighted by Crippen LogP contribution is 2.30. The lowest BCUT2D eigenvalue weighted by Gasteiger charge is -2.24. The van der Waals surface area contributed by atoms with Crippen LogP contribution in [0.5, 0.6) is 0 Å². The first-order chi connectivity index (χ1) is 32.6. The van der Waals surface area contributed by atoms with Crippen molar-refractivity contribution in [1.29, 1.82) is 0 Å². The van der Waals surface area contributed by atoms with Crippen molar-refractivity contribution < 1.29 is 28.8 Å². The van der Waals surface area contributed by atoms with Gasteiger partial charge in [-0.05, 0) is 158 Å². The summed E-state index contributed by atoms with van der Waals surface area (Å²) in [7, 11) is 5.56. The second-order valence-electron chi connectivity index (χ2n) is 17.3. The van der Waals surface area contributed by atoms with E-state index in [9.17, 15) is 28.8 Å². The highest BCUT2D eigenvalue weighted by Gasteiger charge is 2.29. The molecule has 4 unspecified atom stereocenters. The van der Waals surface area contributed by atoms with E-state index in [1.165, 1.54) is 61.0 Å². The minimum absolute atomic E-state index is 0.0786. The summed E-state index contributed by atoms with van der Waals surface area (Å²) in [6.07, 6.45) is 15.9. The average Bonchev–Trinajstić information content (AvgIpc) is 4.10. The topological polar surface area (TPSA) is 181 Å². The largest absolute Gasteiger partial charge is 0.352 e. The number of nitrogens with zero attached hydrogens (tertiary/aromatic N) is 2. The van der Waals surface area contributed by atoms with Crippen molar-refractivity contribution in [2.24, 2.45) is 0 Å². The van der Waals surface area contributed by atoms with Crippen LogP contribution in [0.25, 0.3) is 0 Å². The Morgan fingerprint density at radius 3 is 1.69 bits per heavy atom. The molecule has 14 heteroatoms. The molecule has 7 rings (SSSR count). The van der Waals surface area contributed by atoms with Gasteiger partial charge in [0, 0.05) is 13.1 Å². The Balaban J connectivity index is 0.000000282. The number of benzene rings is 3. The number of hydrogen-bond donors (Lipinski definition) is 6. The van der Waals surface area contributed by atoms with Crippen LogP contribution in [0.1, 0.15) is 136 Å². The maximum Gasteiger partial charge on any atom is 0.249 e. The Bertz CT molecular complexity index is 1850. The molecule has 4 aliphatic rings. The molecule has 2 aliphatic heterocycles. The number of hydrogen-bond acceptors (Lipinski definition) is 9. The predicted molar refractivity (Wildman–Crippen MR) is 267 cm³/mol. The molecule has 0 radical (unpaired) electrons. The first-order valence-electron chi connectivity index (χ1n) is 24.6. The summed E-state index contributed by atoms with van der Waals surface area (Å²) in [5.41, 5.74) is 7.16. The van der Waals surface area contributed by atoms with Gasteiger partial charge in [0.05, 0.1) is 30.7 Å². The number of carbonyl (C=O) groups is 6. The number of rotatable bonds is 17. The van der Waals surface area contributed by atoms with Gasteiger partial charge in [0.1, 0.15) is 12.3 Å². The van der Waals surface area contributed by atoms with E-state index < -0.39 is 12.1 Å². The van der Waals surface area contributed by atoms with E-state index in [1.807, 2.05) is 50.2 Å². The summed E-state index contributed by atoms with van der Waals surface area (Å²) >= 11 is 0. The first kappa shape index (κ1) is 55.9. The Hall–Kier alpha value is -5.44. The van der Waals surface area contributed by atoms with Gasteiger partial charge in [0.15, 0.2) is 0 Å². The second kappa shape index (κ2) is 32.3. The lowest BCUT2D eigenvalue weighted by atomic mass is 9.88. The zero-order valence-electron chi connectivity index (χ0n) is 41.1. The van der Waals surface area contributed by atoms with Gasteiger partial charge in [-0.15, -0.1) is 0 Å². The van der Waals surface area contributed by atoms with Crippen LogP contribution < -0.4 is 31.9 Å². The minimum atomic E-state index is -0.707. The van der Waals surface area contributed by atoms with Crippen LogP contribution in [0.3, 0.4) is 0 Å². The fourth-order valence-electron chi connectivity index (χ4n) is 8.69. The molecule has 5 amide bonds. The number of carbonyl (C=O) groups excluding carboxylic acids is 6. The summed E-state index contributed by atoms with van der Waals surface area (Å²) in [6, 6.07) is 23.2. The van der Waals surface area contributed by atoms with Gasteiger partial charge in [-0.2, -0.15) is 0 Å². The molecule has 2 saturated heterocycles. The third kappa shape index (κ3) is 19.4. The first-order valence-corrected chi connectivity index (χ1v) is 24.6. The summed E-state index contributed by atoms with van der Waals surface area (Å²) in [4.78, 5) is 73.4. The Kier molecular flexibility index (Phi) is 26.9. The molecule has 3 aromatic carbocycles. The molecule has 0 spiro atoms. The lowest BCUT2D eigenvalue weighted by Crippen LogP contribution is -2.45. The van der Waals surface area contributed by atoms with Crippen molar-refractivity contribution in [2.75, 3.05) is 53.9 Å². The molecule has 0 bridgehead atoms.